The molecule has 1 aromatic heterocycles. The smallest absolute Gasteiger partial charge is 0.226 e. The number of methoxy groups -OCH3 is 1. The molecule has 0 aliphatic heterocycles. The van der Waals surface area contributed by atoms with Crippen LogP contribution in [0.3, 0.4) is 0 Å². The molecule has 1 heterocycles. The quantitative estimate of drug-likeness (QED) is 0.916. The topological polar surface area (TPSA) is 47.3 Å². The van der Waals surface area contributed by atoms with E-state index in [0.717, 1.165) is 17.0 Å². The first-order chi connectivity index (χ1) is 8.98. The second-order valence-electron chi connectivity index (χ2n) is 5.48. The molecule has 0 radical (unpaired) electrons. The van der Waals surface area contributed by atoms with Gasteiger partial charge in [-0.2, -0.15) is 0 Å². The summed E-state index contributed by atoms with van der Waals surface area (Å²) in [5, 5.41) is 3.38. The molecule has 0 saturated heterocycles. The van der Waals surface area contributed by atoms with Crippen molar-refractivity contribution in [1.82, 2.24) is 10.3 Å². The molecule has 4 heteroatoms. The minimum Gasteiger partial charge on any atom is -0.497 e. The van der Waals surface area contributed by atoms with Crippen LogP contribution in [0, 0.1) is 0 Å². The average molecular weight is 260 g/mol. The van der Waals surface area contributed by atoms with Crippen molar-refractivity contribution in [3.8, 4) is 17.2 Å². The van der Waals surface area contributed by atoms with Gasteiger partial charge in [-0.05, 0) is 39.0 Å². The maximum Gasteiger partial charge on any atom is 0.226 e. The maximum atomic E-state index is 5.51. The molecule has 2 rings (SSSR count). The lowest BCUT2D eigenvalue weighted by molar-refractivity contribution is 0.414. The molecule has 0 saturated carbocycles. The molecule has 0 spiro atoms. The summed E-state index contributed by atoms with van der Waals surface area (Å²) in [6, 6.07) is 7.68. The fourth-order valence-electron chi connectivity index (χ4n) is 1.63. The molecule has 1 N–H and O–H groups in total. The highest BCUT2D eigenvalue weighted by molar-refractivity contribution is 5.55. The highest BCUT2D eigenvalue weighted by Gasteiger charge is 2.11. The number of oxazole rings is 1. The van der Waals surface area contributed by atoms with E-state index >= 15 is 0 Å². The van der Waals surface area contributed by atoms with Crippen LogP contribution in [0.4, 0.5) is 0 Å². The minimum absolute atomic E-state index is 0.0646. The van der Waals surface area contributed by atoms with Crippen molar-refractivity contribution in [2.75, 3.05) is 7.11 Å². The fraction of sp³-hybridized carbons (Fsp3) is 0.400. The Kier molecular flexibility index (Phi) is 3.90. The van der Waals surface area contributed by atoms with E-state index in [0.29, 0.717) is 12.4 Å². The van der Waals surface area contributed by atoms with E-state index in [-0.39, 0.29) is 5.54 Å². The third kappa shape index (κ3) is 3.83. The van der Waals surface area contributed by atoms with Gasteiger partial charge in [0.05, 0.1) is 12.8 Å². The van der Waals surface area contributed by atoms with Crippen LogP contribution in [0.1, 0.15) is 26.5 Å². The zero-order valence-electron chi connectivity index (χ0n) is 11.9. The van der Waals surface area contributed by atoms with E-state index in [1.807, 2.05) is 24.3 Å². The summed E-state index contributed by atoms with van der Waals surface area (Å²) in [5.74, 6) is 1.41. The fourth-order valence-corrected chi connectivity index (χ4v) is 1.63. The molecule has 4 nitrogen and oxygen atoms in total. The highest BCUT2D eigenvalue weighted by Crippen LogP contribution is 2.23. The average Bonchev–Trinajstić information content (AvgIpc) is 2.84. The maximum absolute atomic E-state index is 5.51. The molecule has 0 unspecified atom stereocenters. The standard InChI is InChI=1S/C15H20N2O2/c1-15(2,3)16-9-12-10-19-14(17-12)11-6-5-7-13(8-11)18-4/h5-8,10,16H,9H2,1-4H3. The molecule has 1 aromatic carbocycles. The van der Waals surface area contributed by atoms with Gasteiger partial charge in [0.2, 0.25) is 5.89 Å². The largest absolute Gasteiger partial charge is 0.497 e. The molecule has 0 bridgehead atoms. The van der Waals surface area contributed by atoms with Crippen LogP contribution in [0.15, 0.2) is 34.9 Å². The van der Waals surface area contributed by atoms with Crippen molar-refractivity contribution in [1.29, 1.82) is 0 Å². The Morgan fingerprint density at radius 1 is 1.32 bits per heavy atom. The van der Waals surface area contributed by atoms with E-state index < -0.39 is 0 Å². The predicted molar refractivity (Wildman–Crippen MR) is 75.1 cm³/mol. The van der Waals surface area contributed by atoms with Crippen LogP contribution < -0.4 is 10.1 Å². The number of aromatic nitrogens is 1. The molecule has 2 aromatic rings. The molecule has 0 fully saturated rings. The van der Waals surface area contributed by atoms with Gasteiger partial charge in [-0.25, -0.2) is 4.98 Å². The lowest BCUT2D eigenvalue weighted by Crippen LogP contribution is -2.35. The first kappa shape index (κ1) is 13.6. The summed E-state index contributed by atoms with van der Waals surface area (Å²) < 4.78 is 10.7. The normalized spacial score (nSPS) is 11.6. The zero-order chi connectivity index (χ0) is 13.9. The third-order valence-corrected chi connectivity index (χ3v) is 2.67. The predicted octanol–water partition coefficient (Wildman–Crippen LogP) is 3.24. The van der Waals surface area contributed by atoms with Crippen molar-refractivity contribution in [3.63, 3.8) is 0 Å². The van der Waals surface area contributed by atoms with E-state index in [2.05, 4.69) is 31.1 Å². The number of benzene rings is 1. The van der Waals surface area contributed by atoms with Crippen LogP contribution >= 0.6 is 0 Å². The van der Waals surface area contributed by atoms with Crippen LogP contribution in [0.25, 0.3) is 11.5 Å². The third-order valence-electron chi connectivity index (χ3n) is 2.67. The second kappa shape index (κ2) is 5.45. The molecule has 19 heavy (non-hydrogen) atoms. The molecular formula is C15H20N2O2. The zero-order valence-corrected chi connectivity index (χ0v) is 11.9. The molecule has 102 valence electrons. The number of nitrogens with one attached hydrogen (secondary N) is 1. The van der Waals surface area contributed by atoms with Gasteiger partial charge in [0.25, 0.3) is 0 Å². The van der Waals surface area contributed by atoms with Crippen LogP contribution in [0.2, 0.25) is 0 Å². The van der Waals surface area contributed by atoms with Crippen LogP contribution in [-0.4, -0.2) is 17.6 Å². The molecule has 0 aliphatic rings. The Morgan fingerprint density at radius 3 is 2.79 bits per heavy atom. The lowest BCUT2D eigenvalue weighted by atomic mass is 10.1. The monoisotopic (exact) mass is 260 g/mol. The van der Waals surface area contributed by atoms with Gasteiger partial charge in [0, 0.05) is 17.6 Å². The van der Waals surface area contributed by atoms with Crippen molar-refractivity contribution >= 4 is 0 Å². The summed E-state index contributed by atoms with van der Waals surface area (Å²) in [6.07, 6.45) is 1.69. The second-order valence-corrected chi connectivity index (χ2v) is 5.48. The first-order valence-corrected chi connectivity index (χ1v) is 6.32. The van der Waals surface area contributed by atoms with Crippen molar-refractivity contribution in [2.45, 2.75) is 32.9 Å². The number of ether oxygens (including phenoxy) is 1. The van der Waals surface area contributed by atoms with Crippen LogP contribution in [-0.2, 0) is 6.54 Å². The molecular weight excluding hydrogens is 240 g/mol. The van der Waals surface area contributed by atoms with Gasteiger partial charge in [-0.1, -0.05) is 6.07 Å². The number of nitrogens with zero attached hydrogens (tertiary/aromatic N) is 1. The van der Waals surface area contributed by atoms with E-state index in [9.17, 15) is 0 Å². The van der Waals surface area contributed by atoms with Crippen molar-refractivity contribution in [2.24, 2.45) is 0 Å². The summed E-state index contributed by atoms with van der Waals surface area (Å²) in [4.78, 5) is 4.47. The summed E-state index contributed by atoms with van der Waals surface area (Å²) in [7, 11) is 1.65. The molecule has 0 atom stereocenters. The Bertz CT molecular complexity index is 541. The summed E-state index contributed by atoms with van der Waals surface area (Å²) >= 11 is 0. The Morgan fingerprint density at radius 2 is 2.11 bits per heavy atom. The van der Waals surface area contributed by atoms with Gasteiger partial charge in [0.1, 0.15) is 12.0 Å². The Balaban J connectivity index is 2.12. The summed E-state index contributed by atoms with van der Waals surface area (Å²) in [6.45, 7) is 7.05. The number of rotatable bonds is 4. The van der Waals surface area contributed by atoms with Gasteiger partial charge in [0.15, 0.2) is 0 Å². The molecule has 0 amide bonds. The van der Waals surface area contributed by atoms with Crippen LogP contribution in [0.5, 0.6) is 5.75 Å². The Hall–Kier alpha value is -1.81. The SMILES string of the molecule is COc1cccc(-c2nc(CNC(C)(C)C)co2)c1. The van der Waals surface area contributed by atoms with E-state index in [4.69, 9.17) is 9.15 Å². The van der Waals surface area contributed by atoms with Gasteiger partial charge < -0.3 is 14.5 Å². The Labute approximate surface area is 113 Å². The van der Waals surface area contributed by atoms with Gasteiger partial charge in [-0.15, -0.1) is 0 Å². The van der Waals surface area contributed by atoms with E-state index in [1.54, 1.807) is 13.4 Å². The summed E-state index contributed by atoms with van der Waals surface area (Å²) in [5.41, 5.74) is 1.88. The number of hydrogen-bond donors (Lipinski definition) is 1. The minimum atomic E-state index is 0.0646. The van der Waals surface area contributed by atoms with Crippen molar-refractivity contribution in [3.05, 3.63) is 36.2 Å². The molecule has 0 aliphatic carbocycles. The lowest BCUT2D eigenvalue weighted by Gasteiger charge is -2.19. The number of hydrogen-bond acceptors (Lipinski definition) is 4. The van der Waals surface area contributed by atoms with E-state index in [1.165, 1.54) is 0 Å². The van der Waals surface area contributed by atoms with Crippen molar-refractivity contribution < 1.29 is 9.15 Å². The first-order valence-electron chi connectivity index (χ1n) is 6.32. The highest BCUT2D eigenvalue weighted by atomic mass is 16.5. The van der Waals surface area contributed by atoms with Gasteiger partial charge >= 0.3 is 0 Å². The van der Waals surface area contributed by atoms with Gasteiger partial charge in [-0.3, -0.25) is 0 Å².